The second kappa shape index (κ2) is 6.33. The van der Waals surface area contributed by atoms with E-state index in [2.05, 4.69) is 45.1 Å². The molecule has 0 spiro atoms. The molecule has 19 heavy (non-hydrogen) atoms. The number of ketones is 1. The maximum atomic E-state index is 12.5. The second-order valence-corrected chi connectivity index (χ2v) is 6.31. The minimum absolute atomic E-state index is 0.0733. The smallest absolute Gasteiger partial charge is 0.167 e. The van der Waals surface area contributed by atoms with Crippen molar-refractivity contribution in [2.45, 2.75) is 46.5 Å². The molecule has 2 nitrogen and oxygen atoms in total. The van der Waals surface area contributed by atoms with E-state index in [1.165, 1.54) is 5.56 Å². The molecule has 106 valence electrons. The van der Waals surface area contributed by atoms with E-state index >= 15 is 0 Å². The van der Waals surface area contributed by atoms with Crippen molar-refractivity contribution in [3.8, 4) is 0 Å². The summed E-state index contributed by atoms with van der Waals surface area (Å²) in [4.78, 5) is 12.5. The number of nitrogens with one attached hydrogen (secondary N) is 1. The summed E-state index contributed by atoms with van der Waals surface area (Å²) in [5, 5.41) is 3.10. The number of Topliss-reactive ketones (excluding diaryl/α,β-unsaturated/α-hetero) is 1. The van der Waals surface area contributed by atoms with Gasteiger partial charge in [0.1, 0.15) is 0 Å². The fourth-order valence-electron chi connectivity index (χ4n) is 2.30. The van der Waals surface area contributed by atoms with Crippen molar-refractivity contribution in [2.75, 3.05) is 13.6 Å². The van der Waals surface area contributed by atoms with Crippen LogP contribution in [0.4, 0.5) is 0 Å². The summed E-state index contributed by atoms with van der Waals surface area (Å²) in [7, 11) is 1.89. The number of hydrogen-bond acceptors (Lipinski definition) is 2. The highest BCUT2D eigenvalue weighted by molar-refractivity contribution is 5.99. The topological polar surface area (TPSA) is 29.1 Å². The number of benzene rings is 1. The van der Waals surface area contributed by atoms with E-state index in [1.807, 2.05) is 20.0 Å². The van der Waals surface area contributed by atoms with Gasteiger partial charge < -0.3 is 5.32 Å². The van der Waals surface area contributed by atoms with Gasteiger partial charge in [-0.05, 0) is 36.9 Å². The molecule has 1 unspecified atom stereocenters. The van der Waals surface area contributed by atoms with Crippen molar-refractivity contribution >= 4 is 5.78 Å². The van der Waals surface area contributed by atoms with Gasteiger partial charge in [0.25, 0.3) is 0 Å². The van der Waals surface area contributed by atoms with E-state index in [0.29, 0.717) is 0 Å². The third-order valence-corrected chi connectivity index (χ3v) is 3.67. The summed E-state index contributed by atoms with van der Waals surface area (Å²) in [6.45, 7) is 11.4. The molecule has 1 atom stereocenters. The van der Waals surface area contributed by atoms with E-state index < -0.39 is 0 Å². The summed E-state index contributed by atoms with van der Waals surface area (Å²) < 4.78 is 0. The molecule has 0 saturated carbocycles. The van der Waals surface area contributed by atoms with Crippen molar-refractivity contribution in [1.82, 2.24) is 5.32 Å². The Bertz CT molecular complexity index is 443. The monoisotopic (exact) mass is 261 g/mol. The molecule has 0 saturated heterocycles. The molecule has 1 aromatic rings. The van der Waals surface area contributed by atoms with Crippen LogP contribution in [0, 0.1) is 12.8 Å². The molecule has 0 aliphatic heterocycles. The molecule has 1 aromatic carbocycles. The zero-order valence-electron chi connectivity index (χ0n) is 13.1. The van der Waals surface area contributed by atoms with Crippen molar-refractivity contribution in [3.05, 3.63) is 34.9 Å². The average Bonchev–Trinajstić information content (AvgIpc) is 2.34. The molecule has 0 radical (unpaired) electrons. The summed E-state index contributed by atoms with van der Waals surface area (Å²) in [5.41, 5.74) is 3.37. The quantitative estimate of drug-likeness (QED) is 0.818. The Morgan fingerprint density at radius 3 is 2.37 bits per heavy atom. The lowest BCUT2D eigenvalue weighted by Gasteiger charge is -2.21. The first-order chi connectivity index (χ1) is 8.81. The predicted octanol–water partition coefficient (Wildman–Crippen LogP) is 3.72. The standard InChI is InChI=1S/C17H27NO/c1-7-13(11-18-6)16(19)15-9-8-14(10-12(15)2)17(3,4)5/h8-10,13,18H,7,11H2,1-6H3. The zero-order valence-corrected chi connectivity index (χ0v) is 13.1. The van der Waals surface area contributed by atoms with Gasteiger partial charge in [-0.25, -0.2) is 0 Å². The molecule has 0 fully saturated rings. The average molecular weight is 261 g/mol. The third-order valence-electron chi connectivity index (χ3n) is 3.67. The Kier molecular flexibility index (Phi) is 5.30. The highest BCUT2D eigenvalue weighted by atomic mass is 16.1. The summed E-state index contributed by atoms with van der Waals surface area (Å²) in [5.74, 6) is 0.332. The minimum atomic E-state index is 0.0733. The van der Waals surface area contributed by atoms with Crippen LogP contribution in [0.15, 0.2) is 18.2 Å². The maximum absolute atomic E-state index is 12.5. The van der Waals surface area contributed by atoms with Gasteiger partial charge in [0.05, 0.1) is 0 Å². The third kappa shape index (κ3) is 3.90. The Balaban J connectivity index is 3.05. The Hall–Kier alpha value is -1.15. The van der Waals surface area contributed by atoms with Crippen LogP contribution in [0.3, 0.4) is 0 Å². The lowest BCUT2D eigenvalue weighted by atomic mass is 9.84. The van der Waals surface area contributed by atoms with Crippen LogP contribution in [0.1, 0.15) is 55.6 Å². The van der Waals surface area contributed by atoms with Crippen molar-refractivity contribution in [1.29, 1.82) is 0 Å². The number of aryl methyl sites for hydroxylation is 1. The van der Waals surface area contributed by atoms with Gasteiger partial charge in [0.2, 0.25) is 0 Å². The van der Waals surface area contributed by atoms with Crippen LogP contribution in [-0.2, 0) is 5.41 Å². The van der Waals surface area contributed by atoms with Gasteiger partial charge in [-0.1, -0.05) is 45.9 Å². The molecule has 0 amide bonds. The van der Waals surface area contributed by atoms with Gasteiger partial charge in [-0.3, -0.25) is 4.79 Å². The minimum Gasteiger partial charge on any atom is -0.319 e. The van der Waals surface area contributed by atoms with Crippen LogP contribution in [0.25, 0.3) is 0 Å². The van der Waals surface area contributed by atoms with Crippen molar-refractivity contribution < 1.29 is 4.79 Å². The maximum Gasteiger partial charge on any atom is 0.167 e. The van der Waals surface area contributed by atoms with Crippen LogP contribution in [0.5, 0.6) is 0 Å². The number of rotatable bonds is 5. The summed E-state index contributed by atoms with van der Waals surface area (Å²) in [6, 6.07) is 6.24. The molecule has 1 rings (SSSR count). The Labute approximate surface area is 117 Å². The SMILES string of the molecule is CCC(CNC)C(=O)c1ccc(C(C)(C)C)cc1C. The van der Waals surface area contributed by atoms with Crippen LogP contribution >= 0.6 is 0 Å². The number of carbonyl (C=O) groups is 1. The first kappa shape index (κ1) is 15.9. The largest absolute Gasteiger partial charge is 0.319 e. The Morgan fingerprint density at radius 2 is 1.95 bits per heavy atom. The molecule has 0 aliphatic rings. The van der Waals surface area contributed by atoms with Gasteiger partial charge in [-0.15, -0.1) is 0 Å². The van der Waals surface area contributed by atoms with Crippen LogP contribution < -0.4 is 5.32 Å². The van der Waals surface area contributed by atoms with Gasteiger partial charge >= 0.3 is 0 Å². The fourth-order valence-corrected chi connectivity index (χ4v) is 2.30. The lowest BCUT2D eigenvalue weighted by molar-refractivity contribution is 0.0916. The molecule has 0 heterocycles. The van der Waals surface area contributed by atoms with Crippen LogP contribution in [0.2, 0.25) is 0 Å². The fraction of sp³-hybridized carbons (Fsp3) is 0.588. The van der Waals surface area contributed by atoms with E-state index in [1.54, 1.807) is 0 Å². The molecule has 0 aromatic heterocycles. The van der Waals surface area contributed by atoms with Gasteiger partial charge in [-0.2, -0.15) is 0 Å². The van der Waals surface area contributed by atoms with E-state index in [0.717, 1.165) is 24.1 Å². The zero-order chi connectivity index (χ0) is 14.6. The molecule has 1 N–H and O–H groups in total. The molecule has 2 heteroatoms. The van der Waals surface area contributed by atoms with Crippen molar-refractivity contribution in [2.24, 2.45) is 5.92 Å². The summed E-state index contributed by atoms with van der Waals surface area (Å²) >= 11 is 0. The normalized spacial score (nSPS) is 13.4. The number of hydrogen-bond donors (Lipinski definition) is 1. The second-order valence-electron chi connectivity index (χ2n) is 6.31. The van der Waals surface area contributed by atoms with Gasteiger partial charge in [0, 0.05) is 18.0 Å². The molecule has 0 bridgehead atoms. The molecule has 0 aliphatic carbocycles. The van der Waals surface area contributed by atoms with E-state index in [-0.39, 0.29) is 17.1 Å². The number of carbonyl (C=O) groups excluding carboxylic acids is 1. The van der Waals surface area contributed by atoms with Gasteiger partial charge in [0.15, 0.2) is 5.78 Å². The van der Waals surface area contributed by atoms with Crippen LogP contribution in [-0.4, -0.2) is 19.4 Å². The Morgan fingerprint density at radius 1 is 1.32 bits per heavy atom. The van der Waals surface area contributed by atoms with Crippen molar-refractivity contribution in [3.63, 3.8) is 0 Å². The first-order valence-electron chi connectivity index (χ1n) is 7.11. The highest BCUT2D eigenvalue weighted by Gasteiger charge is 2.21. The lowest BCUT2D eigenvalue weighted by Crippen LogP contribution is -2.26. The summed E-state index contributed by atoms with van der Waals surface area (Å²) in [6.07, 6.45) is 0.875. The van der Waals surface area contributed by atoms with E-state index in [9.17, 15) is 4.79 Å². The molecular weight excluding hydrogens is 234 g/mol. The highest BCUT2D eigenvalue weighted by Crippen LogP contribution is 2.25. The molecular formula is C17H27NO. The predicted molar refractivity (Wildman–Crippen MR) is 81.9 cm³/mol. The van der Waals surface area contributed by atoms with E-state index in [4.69, 9.17) is 0 Å². The first-order valence-corrected chi connectivity index (χ1v) is 7.11.